The SMILES string of the molecule is NCCCCCCCCCCCCOc1cccc2c1C1c3c(OCCCCCCCCCCCCN)cccc3C2c2cccc(OCCCCCCCCCCCCN)c21. The molecule has 6 rings (SSSR count). The molecule has 6 heteroatoms. The molecule has 0 saturated carbocycles. The highest BCUT2D eigenvalue weighted by Crippen LogP contribution is 2.61. The Morgan fingerprint density at radius 3 is 0.742 bits per heavy atom. The maximum atomic E-state index is 6.80. The number of hydrogen-bond donors (Lipinski definition) is 3. The van der Waals surface area contributed by atoms with E-state index in [4.69, 9.17) is 31.4 Å². The standard InChI is InChI=1S/C56H89N3O3/c57-40-25-19-13-7-1-4-10-16-22-28-43-60-49-37-31-34-46-52-47-35-32-38-50(61-44-29-23-17-11-5-2-8-14-20-26-41-58)54(47)56(53(46)49)55-48(52)36-33-39-51(55)62-45-30-24-18-12-6-3-9-15-21-27-42-59/h31-39,52,56H,1-30,40-45,57-59H2. The Labute approximate surface area is 379 Å². The lowest BCUT2D eigenvalue weighted by Gasteiger charge is -2.44. The zero-order valence-electron chi connectivity index (χ0n) is 39.3. The van der Waals surface area contributed by atoms with Crippen molar-refractivity contribution >= 4 is 0 Å². The van der Waals surface area contributed by atoms with Crippen LogP contribution in [0.4, 0.5) is 0 Å². The molecule has 6 N–H and O–H groups in total. The Hall–Kier alpha value is -3.06. The van der Waals surface area contributed by atoms with Crippen LogP contribution in [0.15, 0.2) is 54.6 Å². The van der Waals surface area contributed by atoms with Gasteiger partial charge in [-0.3, -0.25) is 0 Å². The van der Waals surface area contributed by atoms with Crippen LogP contribution in [0.3, 0.4) is 0 Å². The summed E-state index contributed by atoms with van der Waals surface area (Å²) in [6.07, 6.45) is 38.3. The van der Waals surface area contributed by atoms with Crippen molar-refractivity contribution in [2.24, 2.45) is 17.2 Å². The van der Waals surface area contributed by atoms with Crippen LogP contribution in [0.25, 0.3) is 0 Å². The summed E-state index contributed by atoms with van der Waals surface area (Å²) >= 11 is 0. The average Bonchev–Trinajstić information content (AvgIpc) is 3.30. The maximum Gasteiger partial charge on any atom is 0.123 e. The summed E-state index contributed by atoms with van der Waals surface area (Å²) < 4.78 is 20.4. The summed E-state index contributed by atoms with van der Waals surface area (Å²) in [6.45, 7) is 4.75. The molecule has 0 atom stereocenters. The first-order valence-electron chi connectivity index (χ1n) is 26.2. The van der Waals surface area contributed by atoms with Gasteiger partial charge in [-0.1, -0.05) is 190 Å². The van der Waals surface area contributed by atoms with Crippen molar-refractivity contribution in [3.63, 3.8) is 0 Å². The number of nitrogens with two attached hydrogens (primary N) is 3. The van der Waals surface area contributed by atoms with E-state index in [9.17, 15) is 0 Å². The van der Waals surface area contributed by atoms with E-state index < -0.39 is 0 Å². The van der Waals surface area contributed by atoms with Gasteiger partial charge >= 0.3 is 0 Å². The van der Waals surface area contributed by atoms with E-state index in [2.05, 4.69) is 54.6 Å². The molecule has 0 amide bonds. The Bertz CT molecular complexity index is 1440. The first-order chi connectivity index (χ1) is 30.8. The van der Waals surface area contributed by atoms with E-state index in [-0.39, 0.29) is 11.8 Å². The lowest BCUT2D eigenvalue weighted by Crippen LogP contribution is -2.29. The molecule has 62 heavy (non-hydrogen) atoms. The normalized spacial score (nSPS) is 14.8. The third-order valence-electron chi connectivity index (χ3n) is 13.7. The highest BCUT2D eigenvalue weighted by atomic mass is 16.5. The van der Waals surface area contributed by atoms with Crippen molar-refractivity contribution in [3.8, 4) is 17.2 Å². The molecule has 0 unspecified atom stereocenters. The molecule has 0 fully saturated rings. The van der Waals surface area contributed by atoms with E-state index in [1.165, 1.54) is 207 Å². The average molecular weight is 852 g/mol. The molecular weight excluding hydrogens is 763 g/mol. The molecule has 0 heterocycles. The van der Waals surface area contributed by atoms with Crippen LogP contribution in [0.2, 0.25) is 0 Å². The number of hydrogen-bond acceptors (Lipinski definition) is 6. The molecule has 0 spiro atoms. The van der Waals surface area contributed by atoms with Crippen molar-refractivity contribution in [2.45, 2.75) is 204 Å². The largest absolute Gasteiger partial charge is 0.493 e. The lowest BCUT2D eigenvalue weighted by atomic mass is 9.60. The third kappa shape index (κ3) is 16.2. The topological polar surface area (TPSA) is 106 Å². The second kappa shape index (κ2) is 30.9. The monoisotopic (exact) mass is 852 g/mol. The third-order valence-corrected chi connectivity index (χ3v) is 13.7. The second-order valence-electron chi connectivity index (χ2n) is 18.7. The molecular formula is C56H89N3O3. The predicted molar refractivity (Wildman–Crippen MR) is 263 cm³/mol. The predicted octanol–water partition coefficient (Wildman–Crippen LogP) is 14.4. The molecule has 6 nitrogen and oxygen atoms in total. The second-order valence-corrected chi connectivity index (χ2v) is 18.7. The molecule has 0 aromatic heterocycles. The van der Waals surface area contributed by atoms with E-state index in [1.807, 2.05) is 0 Å². The molecule has 3 aliphatic rings. The highest BCUT2D eigenvalue weighted by Gasteiger charge is 2.46. The molecule has 2 bridgehead atoms. The smallest absolute Gasteiger partial charge is 0.123 e. The highest BCUT2D eigenvalue weighted by molar-refractivity contribution is 5.74. The number of ether oxygens (including phenoxy) is 3. The van der Waals surface area contributed by atoms with Gasteiger partial charge in [0.05, 0.1) is 19.8 Å². The fourth-order valence-electron chi connectivity index (χ4n) is 10.2. The minimum absolute atomic E-state index is 0.0168. The maximum absolute atomic E-state index is 6.80. The van der Waals surface area contributed by atoms with Crippen molar-refractivity contribution in [1.29, 1.82) is 0 Å². The Morgan fingerprint density at radius 1 is 0.274 bits per heavy atom. The van der Waals surface area contributed by atoms with Crippen molar-refractivity contribution < 1.29 is 14.2 Å². The number of unbranched alkanes of at least 4 members (excludes halogenated alkanes) is 27. The first kappa shape index (κ1) is 49.9. The van der Waals surface area contributed by atoms with Gasteiger partial charge in [0.2, 0.25) is 0 Å². The van der Waals surface area contributed by atoms with E-state index in [0.717, 1.165) is 76.0 Å². The van der Waals surface area contributed by atoms with Gasteiger partial charge in [-0.05, 0) is 93.0 Å². The minimum Gasteiger partial charge on any atom is -0.493 e. The molecule has 346 valence electrons. The first-order valence-corrected chi connectivity index (χ1v) is 26.2. The Morgan fingerprint density at radius 2 is 0.500 bits per heavy atom. The number of rotatable bonds is 39. The van der Waals surface area contributed by atoms with Crippen LogP contribution in [-0.4, -0.2) is 39.5 Å². The van der Waals surface area contributed by atoms with Gasteiger partial charge in [-0.15, -0.1) is 0 Å². The summed E-state index contributed by atoms with van der Waals surface area (Å²) in [5.41, 5.74) is 25.1. The zero-order valence-corrected chi connectivity index (χ0v) is 39.3. The summed E-state index contributed by atoms with van der Waals surface area (Å²) in [4.78, 5) is 0. The van der Waals surface area contributed by atoms with E-state index >= 15 is 0 Å². The lowest BCUT2D eigenvalue weighted by molar-refractivity contribution is 0.290. The Balaban J connectivity index is 1.21. The summed E-state index contributed by atoms with van der Waals surface area (Å²) in [7, 11) is 0. The van der Waals surface area contributed by atoms with Gasteiger partial charge in [0.1, 0.15) is 17.2 Å². The van der Waals surface area contributed by atoms with Crippen molar-refractivity contribution in [3.05, 3.63) is 88.0 Å². The van der Waals surface area contributed by atoms with Gasteiger partial charge in [-0.25, -0.2) is 0 Å². The van der Waals surface area contributed by atoms with Crippen LogP contribution >= 0.6 is 0 Å². The molecule has 3 aliphatic carbocycles. The molecule has 3 aromatic rings. The van der Waals surface area contributed by atoms with E-state index in [0.29, 0.717) is 0 Å². The fraction of sp³-hybridized carbons (Fsp3) is 0.679. The molecule has 0 aliphatic heterocycles. The minimum atomic E-state index is 0.0168. The molecule has 0 radical (unpaired) electrons. The summed E-state index contributed by atoms with van der Waals surface area (Å²) in [5.74, 6) is 3.26. The van der Waals surface area contributed by atoms with Gasteiger partial charge in [0.15, 0.2) is 0 Å². The van der Waals surface area contributed by atoms with Gasteiger partial charge in [0, 0.05) is 28.5 Å². The molecule has 3 aromatic carbocycles. The van der Waals surface area contributed by atoms with Gasteiger partial charge < -0.3 is 31.4 Å². The van der Waals surface area contributed by atoms with Crippen molar-refractivity contribution in [2.75, 3.05) is 39.5 Å². The van der Waals surface area contributed by atoms with E-state index in [1.54, 1.807) is 0 Å². The van der Waals surface area contributed by atoms with Crippen molar-refractivity contribution in [1.82, 2.24) is 0 Å². The fourth-order valence-corrected chi connectivity index (χ4v) is 10.2. The van der Waals surface area contributed by atoms with Gasteiger partial charge in [0.25, 0.3) is 0 Å². The molecule has 0 saturated heterocycles. The summed E-state index contributed by atoms with van der Waals surface area (Å²) in [5, 5.41) is 0. The quantitative estimate of drug-likeness (QED) is 0.0340. The van der Waals surface area contributed by atoms with Crippen LogP contribution in [0.1, 0.15) is 238 Å². The van der Waals surface area contributed by atoms with Crippen LogP contribution in [0, 0.1) is 0 Å². The number of benzene rings is 3. The van der Waals surface area contributed by atoms with Crippen LogP contribution < -0.4 is 31.4 Å². The summed E-state index contributed by atoms with van der Waals surface area (Å²) in [6, 6.07) is 20.4. The van der Waals surface area contributed by atoms with Gasteiger partial charge in [-0.2, -0.15) is 0 Å². The zero-order chi connectivity index (χ0) is 43.3. The Kier molecular flexibility index (Phi) is 24.9. The van der Waals surface area contributed by atoms with Crippen LogP contribution in [0.5, 0.6) is 17.2 Å². The van der Waals surface area contributed by atoms with Crippen LogP contribution in [-0.2, 0) is 0 Å².